The van der Waals surface area contributed by atoms with Crippen molar-refractivity contribution >= 4 is 28.3 Å². The minimum absolute atomic E-state index is 0.139. The number of methoxy groups -OCH3 is 2. The number of aromatic nitrogens is 2. The van der Waals surface area contributed by atoms with E-state index < -0.39 is 0 Å². The van der Waals surface area contributed by atoms with Crippen LogP contribution in [0, 0.1) is 0 Å². The lowest BCUT2D eigenvalue weighted by molar-refractivity contribution is 0.217. The molecule has 2 amide bonds. The van der Waals surface area contributed by atoms with Crippen LogP contribution in [-0.4, -0.2) is 48.2 Å². The molecule has 0 atom stereocenters. The number of ether oxygens (including phenoxy) is 2. The van der Waals surface area contributed by atoms with Crippen LogP contribution >= 0.6 is 0 Å². The maximum Gasteiger partial charge on any atom is 0.322 e. The Morgan fingerprint density at radius 1 is 1.21 bits per heavy atom. The van der Waals surface area contributed by atoms with Crippen LogP contribution in [-0.2, 0) is 0 Å². The van der Waals surface area contributed by atoms with Gasteiger partial charge in [0.1, 0.15) is 0 Å². The second-order valence-corrected chi connectivity index (χ2v) is 6.53. The molecule has 0 aliphatic carbocycles. The lowest BCUT2D eigenvalue weighted by Gasteiger charge is -2.26. The predicted molar refractivity (Wildman–Crippen MR) is 109 cm³/mol. The molecular formula is C21H22N4O3. The second-order valence-electron chi connectivity index (χ2n) is 6.53. The van der Waals surface area contributed by atoms with Crippen molar-refractivity contribution in [2.24, 2.45) is 0 Å². The molecular weight excluding hydrogens is 356 g/mol. The lowest BCUT2D eigenvalue weighted by atomic mass is 10.0. The van der Waals surface area contributed by atoms with Crippen LogP contribution in [0.5, 0.6) is 11.5 Å². The third-order valence-electron chi connectivity index (χ3n) is 4.91. The summed E-state index contributed by atoms with van der Waals surface area (Å²) >= 11 is 0. The lowest BCUT2D eigenvalue weighted by Crippen LogP contribution is -2.37. The highest BCUT2D eigenvalue weighted by Gasteiger charge is 2.20. The zero-order valence-corrected chi connectivity index (χ0v) is 15.9. The topological polar surface area (TPSA) is 79.5 Å². The molecule has 0 unspecified atom stereocenters. The first-order valence-corrected chi connectivity index (χ1v) is 9.09. The molecule has 4 rings (SSSR count). The van der Waals surface area contributed by atoms with E-state index in [1.165, 1.54) is 5.57 Å². The Hall–Kier alpha value is -3.48. The molecule has 0 saturated heterocycles. The highest BCUT2D eigenvalue weighted by atomic mass is 16.5. The maximum atomic E-state index is 12.6. The van der Waals surface area contributed by atoms with Crippen molar-refractivity contribution in [2.45, 2.75) is 6.42 Å². The Labute approximate surface area is 163 Å². The van der Waals surface area contributed by atoms with E-state index in [0.29, 0.717) is 30.3 Å². The van der Waals surface area contributed by atoms with Crippen molar-refractivity contribution in [1.29, 1.82) is 0 Å². The molecule has 1 aliphatic heterocycles. The zero-order valence-electron chi connectivity index (χ0n) is 15.9. The van der Waals surface area contributed by atoms with Gasteiger partial charge >= 0.3 is 6.03 Å². The summed E-state index contributed by atoms with van der Waals surface area (Å²) in [5.41, 5.74) is 4.97. The number of nitrogens with one attached hydrogen (secondary N) is 2. The van der Waals surface area contributed by atoms with Crippen LogP contribution in [0.3, 0.4) is 0 Å². The molecule has 1 aliphatic rings. The van der Waals surface area contributed by atoms with Crippen molar-refractivity contribution in [3.05, 3.63) is 54.4 Å². The van der Waals surface area contributed by atoms with Gasteiger partial charge in [0.05, 0.1) is 25.3 Å². The Morgan fingerprint density at radius 3 is 2.82 bits per heavy atom. The summed E-state index contributed by atoms with van der Waals surface area (Å²) in [4.78, 5) is 22.1. The van der Waals surface area contributed by atoms with Crippen LogP contribution in [0.25, 0.3) is 16.6 Å². The van der Waals surface area contributed by atoms with Crippen LogP contribution in [0.4, 0.5) is 10.5 Å². The summed E-state index contributed by atoms with van der Waals surface area (Å²) in [5.74, 6) is 1.20. The Bertz CT molecular complexity index is 1040. The Kier molecular flexibility index (Phi) is 4.89. The number of benzene rings is 1. The standard InChI is InChI=1S/C21H22N4O3/c1-27-18-6-5-15(12-19(18)28-2)24-21(26)25-10-7-14(8-11-25)16-13-23-17-4-3-9-22-20(16)17/h3-7,9,12-13,23H,8,10-11H2,1-2H3,(H,24,26). The van der Waals surface area contributed by atoms with E-state index in [0.717, 1.165) is 23.0 Å². The monoisotopic (exact) mass is 378 g/mol. The largest absolute Gasteiger partial charge is 0.493 e. The molecule has 0 saturated carbocycles. The smallest absolute Gasteiger partial charge is 0.322 e. The minimum Gasteiger partial charge on any atom is -0.493 e. The molecule has 3 aromatic rings. The average Bonchev–Trinajstić information content (AvgIpc) is 3.18. The van der Waals surface area contributed by atoms with Crippen LogP contribution in [0.15, 0.2) is 48.8 Å². The van der Waals surface area contributed by atoms with E-state index in [4.69, 9.17) is 9.47 Å². The van der Waals surface area contributed by atoms with Gasteiger partial charge in [-0.25, -0.2) is 4.79 Å². The first-order valence-electron chi connectivity index (χ1n) is 9.09. The third-order valence-corrected chi connectivity index (χ3v) is 4.91. The Morgan fingerprint density at radius 2 is 2.07 bits per heavy atom. The van der Waals surface area contributed by atoms with Gasteiger partial charge in [-0.15, -0.1) is 0 Å². The van der Waals surface area contributed by atoms with E-state index >= 15 is 0 Å². The number of hydrogen-bond donors (Lipinski definition) is 2. The molecule has 2 N–H and O–H groups in total. The molecule has 2 aromatic heterocycles. The van der Waals surface area contributed by atoms with Gasteiger partial charge in [-0.05, 0) is 36.3 Å². The van der Waals surface area contributed by atoms with Gasteiger partial charge in [-0.3, -0.25) is 4.98 Å². The van der Waals surface area contributed by atoms with Crippen molar-refractivity contribution in [3.63, 3.8) is 0 Å². The van der Waals surface area contributed by atoms with E-state index in [1.54, 1.807) is 43.5 Å². The highest BCUT2D eigenvalue weighted by Crippen LogP contribution is 2.31. The number of pyridine rings is 1. The summed E-state index contributed by atoms with van der Waals surface area (Å²) in [6.45, 7) is 1.19. The number of urea groups is 1. The Balaban J connectivity index is 1.45. The summed E-state index contributed by atoms with van der Waals surface area (Å²) < 4.78 is 10.5. The van der Waals surface area contributed by atoms with Crippen molar-refractivity contribution < 1.29 is 14.3 Å². The molecule has 1 aromatic carbocycles. The summed E-state index contributed by atoms with van der Waals surface area (Å²) in [6.07, 6.45) is 6.66. The predicted octanol–water partition coefficient (Wildman–Crippen LogP) is 3.90. The molecule has 28 heavy (non-hydrogen) atoms. The van der Waals surface area contributed by atoms with Gasteiger partial charge < -0.3 is 24.7 Å². The molecule has 3 heterocycles. The fourth-order valence-corrected chi connectivity index (χ4v) is 3.41. The molecule has 0 bridgehead atoms. The number of carbonyl (C=O) groups excluding carboxylic acids is 1. The van der Waals surface area contributed by atoms with E-state index in [1.807, 2.05) is 18.3 Å². The molecule has 7 nitrogen and oxygen atoms in total. The normalized spacial score (nSPS) is 13.9. The van der Waals surface area contributed by atoms with Crippen LogP contribution < -0.4 is 14.8 Å². The number of hydrogen-bond acceptors (Lipinski definition) is 4. The number of aromatic amines is 1. The number of nitrogens with zero attached hydrogens (tertiary/aromatic N) is 2. The summed E-state index contributed by atoms with van der Waals surface area (Å²) in [5, 5.41) is 2.92. The quantitative estimate of drug-likeness (QED) is 0.722. The fraction of sp³-hybridized carbons (Fsp3) is 0.238. The van der Waals surface area contributed by atoms with Crippen molar-refractivity contribution in [1.82, 2.24) is 14.9 Å². The van der Waals surface area contributed by atoms with Crippen LogP contribution in [0.2, 0.25) is 0 Å². The molecule has 0 spiro atoms. The number of rotatable bonds is 4. The first-order chi connectivity index (χ1) is 13.7. The van der Waals surface area contributed by atoms with Crippen molar-refractivity contribution in [2.75, 3.05) is 32.6 Å². The third kappa shape index (κ3) is 3.38. The van der Waals surface area contributed by atoms with E-state index in [9.17, 15) is 4.79 Å². The maximum absolute atomic E-state index is 12.6. The van der Waals surface area contributed by atoms with Crippen molar-refractivity contribution in [3.8, 4) is 11.5 Å². The first kappa shape index (κ1) is 17.9. The average molecular weight is 378 g/mol. The van der Waals surface area contributed by atoms with Gasteiger partial charge in [0.15, 0.2) is 11.5 Å². The highest BCUT2D eigenvalue weighted by molar-refractivity contribution is 5.92. The van der Waals surface area contributed by atoms with E-state index in [-0.39, 0.29) is 6.03 Å². The van der Waals surface area contributed by atoms with Gasteiger partial charge in [0.2, 0.25) is 0 Å². The van der Waals surface area contributed by atoms with Crippen LogP contribution in [0.1, 0.15) is 12.0 Å². The fourth-order valence-electron chi connectivity index (χ4n) is 3.41. The second kappa shape index (κ2) is 7.64. The molecule has 0 fully saturated rings. The number of amides is 2. The minimum atomic E-state index is -0.139. The van der Waals surface area contributed by atoms with Gasteiger partial charge in [0, 0.05) is 42.8 Å². The van der Waals surface area contributed by atoms with Gasteiger partial charge in [-0.2, -0.15) is 0 Å². The molecule has 7 heteroatoms. The number of carbonyl (C=O) groups is 1. The summed E-state index contributed by atoms with van der Waals surface area (Å²) in [7, 11) is 3.15. The summed E-state index contributed by atoms with van der Waals surface area (Å²) in [6, 6.07) is 9.10. The van der Waals surface area contributed by atoms with Gasteiger partial charge in [0.25, 0.3) is 0 Å². The zero-order chi connectivity index (χ0) is 19.5. The number of H-pyrrole nitrogens is 1. The number of fused-ring (bicyclic) bond motifs is 1. The van der Waals surface area contributed by atoms with E-state index in [2.05, 4.69) is 21.4 Å². The van der Waals surface area contributed by atoms with Gasteiger partial charge in [-0.1, -0.05) is 6.08 Å². The molecule has 0 radical (unpaired) electrons. The number of anilines is 1. The SMILES string of the molecule is COc1ccc(NC(=O)N2CC=C(c3c[nH]c4cccnc34)CC2)cc1OC. The molecule has 144 valence electrons.